The Morgan fingerprint density at radius 1 is 1.45 bits per heavy atom. The van der Waals surface area contributed by atoms with Crippen LogP contribution in [0.3, 0.4) is 0 Å². The van der Waals surface area contributed by atoms with E-state index in [0.29, 0.717) is 5.76 Å². The molecule has 0 aromatic carbocycles. The van der Waals surface area contributed by atoms with E-state index in [-0.39, 0.29) is 22.1 Å². The average Bonchev–Trinajstić information content (AvgIpc) is 2.91. The standard InChI is InChI=1S/C12H13N3O3S2/c1-15(8-9-4-3-7-18-9)20(16,17)10-5-2-6-14-11(10)12(13)19/h2-7H,8H2,1H3,(H2,13,19). The summed E-state index contributed by atoms with van der Waals surface area (Å²) in [6, 6.07) is 6.34. The van der Waals surface area contributed by atoms with E-state index in [1.165, 1.54) is 31.6 Å². The van der Waals surface area contributed by atoms with E-state index in [1.807, 2.05) is 0 Å². The van der Waals surface area contributed by atoms with Gasteiger partial charge in [0.05, 0.1) is 12.8 Å². The van der Waals surface area contributed by atoms with Gasteiger partial charge in [0, 0.05) is 13.2 Å². The number of pyridine rings is 1. The lowest BCUT2D eigenvalue weighted by Gasteiger charge is -2.17. The molecule has 2 rings (SSSR count). The van der Waals surface area contributed by atoms with Crippen molar-refractivity contribution in [1.29, 1.82) is 0 Å². The van der Waals surface area contributed by atoms with Crippen molar-refractivity contribution in [3.05, 3.63) is 48.2 Å². The van der Waals surface area contributed by atoms with Gasteiger partial charge in [0.1, 0.15) is 21.3 Å². The van der Waals surface area contributed by atoms with Crippen LogP contribution >= 0.6 is 12.2 Å². The zero-order valence-electron chi connectivity index (χ0n) is 10.7. The second kappa shape index (κ2) is 5.70. The molecule has 0 spiro atoms. The maximum absolute atomic E-state index is 12.5. The van der Waals surface area contributed by atoms with Crippen LogP contribution < -0.4 is 5.73 Å². The van der Waals surface area contributed by atoms with E-state index < -0.39 is 10.0 Å². The summed E-state index contributed by atoms with van der Waals surface area (Å²) < 4.78 is 31.3. The molecule has 0 fully saturated rings. The van der Waals surface area contributed by atoms with Gasteiger partial charge in [-0.1, -0.05) is 12.2 Å². The van der Waals surface area contributed by atoms with E-state index in [9.17, 15) is 8.42 Å². The number of thiocarbonyl (C=S) groups is 1. The van der Waals surface area contributed by atoms with Crippen molar-refractivity contribution in [2.24, 2.45) is 5.73 Å². The Labute approximate surface area is 122 Å². The third-order valence-corrected chi connectivity index (χ3v) is 4.68. The number of nitrogens with two attached hydrogens (primary N) is 1. The second-order valence-corrected chi connectivity index (χ2v) is 6.51. The van der Waals surface area contributed by atoms with Gasteiger partial charge in [-0.3, -0.25) is 4.98 Å². The predicted octanol–water partition coefficient (Wildman–Crippen LogP) is 1.13. The number of sulfonamides is 1. The largest absolute Gasteiger partial charge is 0.468 e. The van der Waals surface area contributed by atoms with Crippen LogP contribution in [0.4, 0.5) is 0 Å². The van der Waals surface area contributed by atoms with E-state index in [4.69, 9.17) is 22.4 Å². The average molecular weight is 311 g/mol. The Balaban J connectivity index is 2.37. The molecule has 106 valence electrons. The molecule has 0 amide bonds. The van der Waals surface area contributed by atoms with Crippen molar-refractivity contribution in [2.45, 2.75) is 11.4 Å². The molecular weight excluding hydrogens is 298 g/mol. The summed E-state index contributed by atoms with van der Waals surface area (Å²) in [7, 11) is -2.29. The van der Waals surface area contributed by atoms with E-state index >= 15 is 0 Å². The number of aromatic nitrogens is 1. The summed E-state index contributed by atoms with van der Waals surface area (Å²) in [4.78, 5) is 3.86. The summed E-state index contributed by atoms with van der Waals surface area (Å²) in [5.74, 6) is 0.539. The van der Waals surface area contributed by atoms with Gasteiger partial charge in [-0.25, -0.2) is 8.42 Å². The van der Waals surface area contributed by atoms with Gasteiger partial charge in [0.15, 0.2) is 0 Å². The molecule has 0 atom stereocenters. The summed E-state index contributed by atoms with van der Waals surface area (Å²) in [6.45, 7) is 0.112. The minimum Gasteiger partial charge on any atom is -0.468 e. The molecule has 0 radical (unpaired) electrons. The molecule has 2 aromatic rings. The SMILES string of the molecule is CN(Cc1ccco1)S(=O)(=O)c1cccnc1C(N)=S. The van der Waals surface area contributed by atoms with Crippen molar-refractivity contribution in [3.8, 4) is 0 Å². The third kappa shape index (κ3) is 2.87. The third-order valence-electron chi connectivity index (χ3n) is 2.65. The molecule has 0 saturated heterocycles. The molecular formula is C12H13N3O3S2. The fourth-order valence-corrected chi connectivity index (χ4v) is 3.18. The first kappa shape index (κ1) is 14.6. The zero-order chi connectivity index (χ0) is 14.8. The van der Waals surface area contributed by atoms with Gasteiger partial charge in [-0.2, -0.15) is 4.31 Å². The van der Waals surface area contributed by atoms with Crippen LogP contribution in [-0.2, 0) is 16.6 Å². The minimum absolute atomic E-state index is 0.0124. The zero-order valence-corrected chi connectivity index (χ0v) is 12.3. The number of hydrogen-bond donors (Lipinski definition) is 1. The molecule has 0 bridgehead atoms. The lowest BCUT2D eigenvalue weighted by Crippen LogP contribution is -2.29. The van der Waals surface area contributed by atoms with Crippen molar-refractivity contribution < 1.29 is 12.8 Å². The van der Waals surface area contributed by atoms with Crippen LogP contribution in [-0.4, -0.2) is 29.7 Å². The molecule has 0 aliphatic heterocycles. The highest BCUT2D eigenvalue weighted by molar-refractivity contribution is 7.89. The van der Waals surface area contributed by atoms with E-state index in [0.717, 1.165) is 4.31 Å². The van der Waals surface area contributed by atoms with Gasteiger partial charge >= 0.3 is 0 Å². The molecule has 8 heteroatoms. The molecule has 6 nitrogen and oxygen atoms in total. The number of rotatable bonds is 5. The normalized spacial score (nSPS) is 11.7. The monoisotopic (exact) mass is 311 g/mol. The van der Waals surface area contributed by atoms with Gasteiger partial charge in [-0.15, -0.1) is 0 Å². The lowest BCUT2D eigenvalue weighted by atomic mass is 10.3. The minimum atomic E-state index is -3.75. The first-order valence-corrected chi connectivity index (χ1v) is 7.51. The maximum atomic E-state index is 12.5. The Kier molecular flexibility index (Phi) is 4.17. The number of nitrogens with zero attached hydrogens (tertiary/aromatic N) is 2. The summed E-state index contributed by atoms with van der Waals surface area (Å²) in [5, 5.41) is 0. The first-order valence-electron chi connectivity index (χ1n) is 5.66. The van der Waals surface area contributed by atoms with Gasteiger partial charge in [0.2, 0.25) is 10.0 Å². The molecule has 2 N–H and O–H groups in total. The Bertz CT molecular complexity index is 711. The highest BCUT2D eigenvalue weighted by Gasteiger charge is 2.26. The second-order valence-electron chi connectivity index (χ2n) is 4.05. The summed E-state index contributed by atoms with van der Waals surface area (Å²) >= 11 is 4.83. The van der Waals surface area contributed by atoms with Gasteiger partial charge in [-0.05, 0) is 24.3 Å². The van der Waals surface area contributed by atoms with Crippen LogP contribution in [0.1, 0.15) is 11.5 Å². The van der Waals surface area contributed by atoms with Crippen LogP contribution in [0.2, 0.25) is 0 Å². The van der Waals surface area contributed by atoms with Crippen LogP contribution in [0, 0.1) is 0 Å². The summed E-state index contributed by atoms with van der Waals surface area (Å²) in [5.41, 5.74) is 5.61. The Hall–Kier alpha value is -1.77. The highest BCUT2D eigenvalue weighted by atomic mass is 32.2. The van der Waals surface area contributed by atoms with E-state index in [1.54, 1.807) is 12.1 Å². The molecule has 20 heavy (non-hydrogen) atoms. The fourth-order valence-electron chi connectivity index (χ4n) is 1.66. The molecule has 0 unspecified atom stereocenters. The Morgan fingerprint density at radius 3 is 2.80 bits per heavy atom. The first-order chi connectivity index (χ1) is 9.43. The molecule has 0 aliphatic rings. The van der Waals surface area contributed by atoms with Crippen LogP contribution in [0.25, 0.3) is 0 Å². The van der Waals surface area contributed by atoms with Crippen molar-refractivity contribution >= 4 is 27.2 Å². The van der Waals surface area contributed by atoms with Crippen molar-refractivity contribution in [3.63, 3.8) is 0 Å². The summed E-state index contributed by atoms with van der Waals surface area (Å²) in [6.07, 6.45) is 2.93. The Morgan fingerprint density at radius 2 is 2.20 bits per heavy atom. The van der Waals surface area contributed by atoms with E-state index in [2.05, 4.69) is 4.98 Å². The van der Waals surface area contributed by atoms with Crippen molar-refractivity contribution in [2.75, 3.05) is 7.05 Å². The van der Waals surface area contributed by atoms with Gasteiger partial charge < -0.3 is 10.2 Å². The topological polar surface area (TPSA) is 89.4 Å². The van der Waals surface area contributed by atoms with Crippen molar-refractivity contribution in [1.82, 2.24) is 9.29 Å². The molecule has 2 heterocycles. The van der Waals surface area contributed by atoms with Crippen LogP contribution in [0.5, 0.6) is 0 Å². The van der Waals surface area contributed by atoms with Crippen LogP contribution in [0.15, 0.2) is 46.0 Å². The fraction of sp³-hybridized carbons (Fsp3) is 0.167. The molecule has 2 aromatic heterocycles. The van der Waals surface area contributed by atoms with Gasteiger partial charge in [0.25, 0.3) is 0 Å². The number of hydrogen-bond acceptors (Lipinski definition) is 5. The predicted molar refractivity (Wildman–Crippen MR) is 77.5 cm³/mol. The molecule has 0 saturated carbocycles. The lowest BCUT2D eigenvalue weighted by molar-refractivity contribution is 0.406. The quantitative estimate of drug-likeness (QED) is 0.833. The smallest absolute Gasteiger partial charge is 0.245 e. The highest BCUT2D eigenvalue weighted by Crippen LogP contribution is 2.19. The molecule has 0 aliphatic carbocycles. The maximum Gasteiger partial charge on any atom is 0.245 e. The number of furan rings is 1.